The number of unbranched alkanes of at least 4 members (excludes halogenated alkanes) is 25. The number of nitrogens with one attached hydrogen (secondary N) is 3. The molecule has 4 aliphatic heterocycles. The van der Waals surface area contributed by atoms with Crippen LogP contribution in [0.15, 0.2) is 12.2 Å². The van der Waals surface area contributed by atoms with Crippen molar-refractivity contribution in [2.45, 2.75) is 366 Å². The Morgan fingerprint density at radius 3 is 1.43 bits per heavy atom. The van der Waals surface area contributed by atoms with Crippen LogP contribution in [0, 0.1) is 0 Å². The van der Waals surface area contributed by atoms with E-state index in [1.807, 2.05) is 6.08 Å². The summed E-state index contributed by atoms with van der Waals surface area (Å²) in [7, 11) is 0. The molecule has 4 rings (SSSR count). The van der Waals surface area contributed by atoms with Crippen molar-refractivity contribution in [2.75, 3.05) is 33.0 Å². The summed E-state index contributed by atoms with van der Waals surface area (Å²) in [4.78, 5) is 64.7. The number of carbonyl (C=O) groups excluding carboxylic acids is 5. The predicted molar refractivity (Wildman–Crippen MR) is 358 cm³/mol. The van der Waals surface area contributed by atoms with Gasteiger partial charge in [-0.2, -0.15) is 0 Å². The number of carbonyl (C=O) groups is 5. The topological polar surface area (TPSA) is 525 Å². The van der Waals surface area contributed by atoms with Crippen molar-refractivity contribution in [1.82, 2.24) is 16.0 Å². The zero-order valence-electron chi connectivity index (χ0n) is 62.0. The molecule has 4 aliphatic rings. The van der Waals surface area contributed by atoms with Gasteiger partial charge in [-0.05, 0) is 19.3 Å². The van der Waals surface area contributed by atoms with Crippen LogP contribution >= 0.6 is 0 Å². The molecular formula is C70H123N3Na2O29. The molecule has 0 aromatic rings. The van der Waals surface area contributed by atoms with Gasteiger partial charge < -0.3 is 145 Å². The molecule has 24 atom stereocenters. The van der Waals surface area contributed by atoms with Gasteiger partial charge in [0.25, 0.3) is 0 Å². The van der Waals surface area contributed by atoms with Gasteiger partial charge in [0.05, 0.1) is 69.5 Å². The Balaban J connectivity index is 0.0000184. The normalized spacial score (nSPS) is 31.1. The van der Waals surface area contributed by atoms with E-state index in [1.54, 1.807) is 6.08 Å². The monoisotopic (exact) mass is 1520 g/mol. The van der Waals surface area contributed by atoms with Crippen molar-refractivity contribution >= 4 is 29.7 Å². The molecule has 4 heterocycles. The third-order valence-electron chi connectivity index (χ3n) is 19.4. The summed E-state index contributed by atoms with van der Waals surface area (Å²) in [5, 5.41) is 189. The van der Waals surface area contributed by atoms with Gasteiger partial charge in [-0.15, -0.1) is 0 Å². The van der Waals surface area contributed by atoms with Gasteiger partial charge in [-0.3, -0.25) is 14.4 Å². The van der Waals surface area contributed by atoms with Crippen molar-refractivity contribution in [3.8, 4) is 0 Å². The molecule has 32 nitrogen and oxygen atoms in total. The molecule has 4 fully saturated rings. The second-order valence-electron chi connectivity index (χ2n) is 27.9. The first-order valence-corrected chi connectivity index (χ1v) is 37.2. The molecule has 0 bridgehead atoms. The summed E-state index contributed by atoms with van der Waals surface area (Å²) in [5.74, 6) is -13.9. The summed E-state index contributed by atoms with van der Waals surface area (Å²) in [5.41, 5.74) is 0. The number of aliphatic carboxylic acids is 2. The van der Waals surface area contributed by atoms with E-state index in [2.05, 4.69) is 29.8 Å². The molecule has 0 aromatic carbocycles. The minimum absolute atomic E-state index is 0. The quantitative estimate of drug-likeness (QED) is 0.0153. The van der Waals surface area contributed by atoms with E-state index in [0.717, 1.165) is 65.2 Å². The standard InChI is InChI=1S/C70H125N3O29.2Na/c1-5-7-9-11-13-15-17-19-20-22-24-26-28-30-32-34-52(84)73-44(45(80)33-31-29-27-25-23-21-18-16-14-12-10-8-6-2)41-95-65-59(89)58(88)61(51(40-77)97-65)98-66-60(90)64(56(86)49(38-75)96-66)102-70(68(93)94)36-47(82)54(72-43(4)79)63(101-70)57(87)50(39-76)99-69(67(91)92)35-46(81)53(71-42(3)78)62(100-69)55(85)48(83)37-74;;/h31,33,44-51,53-66,74-77,80-83,85-90H,5-30,32,34-41H2,1-4H3,(H,71,78)(H,72,79)(H,73,84)(H,91,92)(H,93,94);;/q;2*+1/p-2/b33-31+;;/t44?,45-,46+,47+,48-,49-,50-,51-,53-,54-,55-,56+,57-,58-,59-,60-,61-,62-,63-,64+,65-,66+,69-,70+;;/m1../s1. The van der Waals surface area contributed by atoms with Crippen LogP contribution in [0.4, 0.5) is 0 Å². The van der Waals surface area contributed by atoms with Gasteiger partial charge in [0.15, 0.2) is 12.6 Å². The largest absolute Gasteiger partial charge is 1.00 e. The number of aliphatic hydroxyl groups excluding tert-OH is 14. The third-order valence-corrected chi connectivity index (χ3v) is 19.4. The van der Waals surface area contributed by atoms with E-state index in [4.69, 9.17) is 37.9 Å². The molecule has 0 radical (unpaired) electrons. The van der Waals surface area contributed by atoms with E-state index < -0.39 is 216 Å². The minimum atomic E-state index is -3.51. The molecule has 3 amide bonds. The first kappa shape index (κ1) is 98.3. The molecule has 17 N–H and O–H groups in total. The maximum absolute atomic E-state index is 13.5. The van der Waals surface area contributed by atoms with Gasteiger partial charge in [-0.1, -0.05) is 180 Å². The number of carboxylic acids is 2. The fourth-order valence-electron chi connectivity index (χ4n) is 13.5. The number of hydrogen-bond donors (Lipinski definition) is 17. The molecule has 4 saturated heterocycles. The molecule has 0 aromatic heterocycles. The second kappa shape index (κ2) is 52.4. The van der Waals surface area contributed by atoms with E-state index in [1.165, 1.54) is 109 Å². The van der Waals surface area contributed by atoms with E-state index >= 15 is 0 Å². The molecule has 104 heavy (non-hydrogen) atoms. The van der Waals surface area contributed by atoms with Crippen molar-refractivity contribution in [2.24, 2.45) is 0 Å². The van der Waals surface area contributed by atoms with Crippen molar-refractivity contribution in [1.29, 1.82) is 0 Å². The molecule has 0 saturated carbocycles. The van der Waals surface area contributed by atoms with Crippen LogP contribution in [-0.2, 0) is 61.9 Å². The number of rotatable bonds is 52. The average Bonchev–Trinajstić information content (AvgIpc) is 0.756. The number of aliphatic hydroxyl groups is 14. The van der Waals surface area contributed by atoms with Gasteiger partial charge in [0.2, 0.25) is 29.3 Å². The van der Waals surface area contributed by atoms with Crippen LogP contribution in [0.25, 0.3) is 0 Å². The Kier molecular flexibility index (Phi) is 49.6. The summed E-state index contributed by atoms with van der Waals surface area (Å²) in [6, 6.07) is -4.81. The van der Waals surface area contributed by atoms with Crippen LogP contribution < -0.4 is 85.3 Å². The Morgan fingerprint density at radius 1 is 0.538 bits per heavy atom. The number of amides is 3. The van der Waals surface area contributed by atoms with E-state index in [0.29, 0.717) is 12.8 Å². The van der Waals surface area contributed by atoms with E-state index in [-0.39, 0.29) is 71.4 Å². The first-order chi connectivity index (χ1) is 48.7. The van der Waals surface area contributed by atoms with Gasteiger partial charge >= 0.3 is 59.1 Å². The molecule has 34 heteroatoms. The smallest absolute Gasteiger partial charge is 0.544 e. The summed E-state index contributed by atoms with van der Waals surface area (Å²) >= 11 is 0. The fourth-order valence-corrected chi connectivity index (χ4v) is 13.5. The zero-order valence-corrected chi connectivity index (χ0v) is 66.0. The van der Waals surface area contributed by atoms with Crippen molar-refractivity contribution in [3.63, 3.8) is 0 Å². The molecule has 1 unspecified atom stereocenters. The van der Waals surface area contributed by atoms with Crippen LogP contribution in [0.1, 0.15) is 220 Å². The van der Waals surface area contributed by atoms with E-state index in [9.17, 15) is 106 Å². The first-order valence-electron chi connectivity index (χ1n) is 37.2. The summed E-state index contributed by atoms with van der Waals surface area (Å²) in [6.07, 6.45) is -9.25. The second-order valence-corrected chi connectivity index (χ2v) is 27.9. The maximum Gasteiger partial charge on any atom is 1.00 e. The SMILES string of the molecule is CCCCCCCCCCCCC/C=C/[C@@H](O)C(CO[C@@H]1O[C@H](CO)[C@@H](O[C@@H]2O[C@H](CO)[C@H](O)[C@H](O[C@]3(C(=O)[O-])C[C@H](O)[C@@H](NC(C)=O)[C@H]([C@H](O)[C@@H](CO)O[C@]4(C(=O)[O-])C[C@H](O)[C@@H](NC(C)=O)[C@H]([C@H](O)[C@H](O)CO)O4)O3)[C@H]2O)[C@H](O)[C@H]1O)NC(=O)CCCCCCCCCCCCCCCCC.[Na+].[Na+]. The molecule has 0 aliphatic carbocycles. The minimum Gasteiger partial charge on any atom is -0.544 e. The Morgan fingerprint density at radius 2 is 0.981 bits per heavy atom. The van der Waals surface area contributed by atoms with Crippen LogP contribution in [-0.4, -0.2) is 280 Å². The fraction of sp³-hybridized carbons (Fsp3) is 0.900. The molecule has 594 valence electrons. The predicted octanol–water partition coefficient (Wildman–Crippen LogP) is -8.32. The average molecular weight is 1520 g/mol. The zero-order chi connectivity index (χ0) is 75.5. The third kappa shape index (κ3) is 31.4. The molecule has 0 spiro atoms. The Bertz CT molecular complexity index is 2420. The van der Waals surface area contributed by atoms with Gasteiger partial charge in [0, 0.05) is 33.1 Å². The Hall–Kier alpha value is -1.79. The van der Waals surface area contributed by atoms with Crippen molar-refractivity contribution in [3.05, 3.63) is 12.2 Å². The maximum atomic E-state index is 13.5. The van der Waals surface area contributed by atoms with Crippen LogP contribution in [0.2, 0.25) is 0 Å². The Labute approximate surface area is 655 Å². The molecular weight excluding hydrogens is 1390 g/mol. The van der Waals surface area contributed by atoms with Gasteiger partial charge in [0.1, 0.15) is 97.4 Å². The number of ether oxygens (including phenoxy) is 8. The summed E-state index contributed by atoms with van der Waals surface area (Å²) < 4.78 is 46.1. The van der Waals surface area contributed by atoms with Crippen molar-refractivity contribution < 1.29 is 203 Å². The van der Waals surface area contributed by atoms with Crippen LogP contribution in [0.5, 0.6) is 0 Å². The number of allylic oxidation sites excluding steroid dienone is 1. The van der Waals surface area contributed by atoms with Crippen LogP contribution in [0.3, 0.4) is 0 Å². The summed E-state index contributed by atoms with van der Waals surface area (Å²) in [6.45, 7) is 0.955. The number of carboxylic acid groups (broad SMARTS) is 2. The number of hydrogen-bond acceptors (Lipinski definition) is 29. The van der Waals surface area contributed by atoms with Gasteiger partial charge in [-0.25, -0.2) is 0 Å².